The molecular formula is C26H24BrNO6. The van der Waals surface area contributed by atoms with Crippen LogP contribution in [0, 0.1) is 0 Å². The van der Waals surface area contributed by atoms with E-state index in [9.17, 15) is 14.7 Å². The number of carbonyl (C=O) groups is 2. The molecule has 0 spiro atoms. The lowest BCUT2D eigenvalue weighted by molar-refractivity contribution is -0.139. The van der Waals surface area contributed by atoms with Crippen LogP contribution in [0.4, 0.5) is 4.79 Å². The highest BCUT2D eigenvalue weighted by molar-refractivity contribution is 9.10. The van der Waals surface area contributed by atoms with E-state index in [-0.39, 0.29) is 18.9 Å². The van der Waals surface area contributed by atoms with E-state index >= 15 is 0 Å². The number of fused-ring (bicyclic) bond motifs is 3. The molecule has 1 aliphatic rings. The number of ether oxygens (including phenoxy) is 3. The lowest BCUT2D eigenvalue weighted by atomic mass is 9.98. The molecule has 0 aliphatic heterocycles. The number of alkyl carbamates (subject to hydrolysis) is 1. The molecule has 34 heavy (non-hydrogen) atoms. The van der Waals surface area contributed by atoms with Gasteiger partial charge in [-0.25, -0.2) is 9.59 Å². The van der Waals surface area contributed by atoms with Crippen molar-refractivity contribution in [3.05, 3.63) is 81.8 Å². The number of carboxylic acid groups (broad SMARTS) is 1. The van der Waals surface area contributed by atoms with Gasteiger partial charge in [0.05, 0.1) is 14.2 Å². The van der Waals surface area contributed by atoms with Gasteiger partial charge < -0.3 is 24.6 Å². The first-order valence-electron chi connectivity index (χ1n) is 10.7. The van der Waals surface area contributed by atoms with Crippen molar-refractivity contribution in [2.75, 3.05) is 20.8 Å². The van der Waals surface area contributed by atoms with E-state index in [0.29, 0.717) is 21.5 Å². The van der Waals surface area contributed by atoms with E-state index in [1.54, 1.807) is 12.1 Å². The number of methoxy groups -OCH3 is 2. The summed E-state index contributed by atoms with van der Waals surface area (Å²) in [7, 11) is 2.97. The number of carbonyl (C=O) groups excluding carboxylic acids is 1. The Morgan fingerprint density at radius 3 is 2.18 bits per heavy atom. The molecule has 0 radical (unpaired) electrons. The Morgan fingerprint density at radius 1 is 1.00 bits per heavy atom. The molecule has 3 aromatic carbocycles. The quantitative estimate of drug-likeness (QED) is 0.429. The van der Waals surface area contributed by atoms with Crippen molar-refractivity contribution in [3.63, 3.8) is 0 Å². The molecule has 1 aliphatic carbocycles. The molecule has 2 N–H and O–H groups in total. The fourth-order valence-electron chi connectivity index (χ4n) is 4.36. The summed E-state index contributed by atoms with van der Waals surface area (Å²) in [5.74, 6) is -0.436. The van der Waals surface area contributed by atoms with Crippen LogP contribution in [0.5, 0.6) is 11.5 Å². The first-order chi connectivity index (χ1) is 16.4. The second-order valence-electron chi connectivity index (χ2n) is 7.87. The van der Waals surface area contributed by atoms with Crippen molar-refractivity contribution in [1.82, 2.24) is 5.32 Å². The van der Waals surface area contributed by atoms with Crippen molar-refractivity contribution in [2.24, 2.45) is 0 Å². The number of carboxylic acids is 1. The van der Waals surface area contributed by atoms with Crippen LogP contribution in [0.1, 0.15) is 22.6 Å². The van der Waals surface area contributed by atoms with Gasteiger partial charge in [0.15, 0.2) is 11.5 Å². The number of hydrogen-bond acceptors (Lipinski definition) is 5. The predicted molar refractivity (Wildman–Crippen MR) is 131 cm³/mol. The minimum Gasteiger partial charge on any atom is -0.493 e. The second-order valence-corrected chi connectivity index (χ2v) is 8.78. The van der Waals surface area contributed by atoms with Gasteiger partial charge in [-0.2, -0.15) is 0 Å². The Kier molecular flexibility index (Phi) is 7.07. The fraction of sp³-hybridized carbons (Fsp3) is 0.231. The summed E-state index contributed by atoms with van der Waals surface area (Å²) in [6.45, 7) is 0.0974. The number of benzene rings is 3. The largest absolute Gasteiger partial charge is 0.493 e. The molecule has 1 amide bonds. The van der Waals surface area contributed by atoms with Crippen LogP contribution in [0.2, 0.25) is 0 Å². The molecule has 8 heteroatoms. The van der Waals surface area contributed by atoms with E-state index < -0.39 is 18.1 Å². The van der Waals surface area contributed by atoms with Crippen molar-refractivity contribution < 1.29 is 28.9 Å². The molecule has 1 atom stereocenters. The van der Waals surface area contributed by atoms with Crippen LogP contribution in [0.3, 0.4) is 0 Å². The predicted octanol–water partition coefficient (Wildman–Crippen LogP) is 5.00. The Morgan fingerprint density at radius 2 is 1.62 bits per heavy atom. The molecule has 0 saturated heterocycles. The van der Waals surface area contributed by atoms with Gasteiger partial charge in [0.1, 0.15) is 12.6 Å². The fourth-order valence-corrected chi connectivity index (χ4v) is 4.84. The van der Waals surface area contributed by atoms with Gasteiger partial charge in [0.25, 0.3) is 0 Å². The Hall–Kier alpha value is -3.52. The molecule has 7 nitrogen and oxygen atoms in total. The molecule has 4 rings (SSSR count). The van der Waals surface area contributed by atoms with Crippen LogP contribution in [0.25, 0.3) is 11.1 Å². The summed E-state index contributed by atoms with van der Waals surface area (Å²) in [5.41, 5.74) is 4.96. The zero-order chi connectivity index (χ0) is 24.2. The molecule has 0 heterocycles. The first kappa shape index (κ1) is 23.6. The van der Waals surface area contributed by atoms with Crippen LogP contribution in [-0.4, -0.2) is 44.0 Å². The minimum absolute atomic E-state index is 0.0154. The highest BCUT2D eigenvalue weighted by Gasteiger charge is 2.30. The van der Waals surface area contributed by atoms with Gasteiger partial charge in [-0.15, -0.1) is 0 Å². The number of hydrogen-bond donors (Lipinski definition) is 2. The van der Waals surface area contributed by atoms with E-state index in [4.69, 9.17) is 14.2 Å². The van der Waals surface area contributed by atoms with Crippen molar-refractivity contribution in [1.29, 1.82) is 0 Å². The molecule has 0 fully saturated rings. The smallest absolute Gasteiger partial charge is 0.407 e. The lowest BCUT2D eigenvalue weighted by Gasteiger charge is -2.19. The van der Waals surface area contributed by atoms with Crippen LogP contribution in [0.15, 0.2) is 65.1 Å². The SMILES string of the molecule is COc1cc(Br)cc(CC(NC(=O)OCC2c3ccccc3-c3ccccc32)C(=O)O)c1OC. The average molecular weight is 526 g/mol. The van der Waals surface area contributed by atoms with Gasteiger partial charge in [0, 0.05) is 22.4 Å². The van der Waals surface area contributed by atoms with Crippen molar-refractivity contribution in [2.45, 2.75) is 18.4 Å². The number of rotatable bonds is 8. The van der Waals surface area contributed by atoms with Gasteiger partial charge in [-0.3, -0.25) is 0 Å². The maximum absolute atomic E-state index is 12.6. The van der Waals surface area contributed by atoms with E-state index in [1.165, 1.54) is 14.2 Å². The maximum Gasteiger partial charge on any atom is 0.407 e. The van der Waals surface area contributed by atoms with Crippen LogP contribution < -0.4 is 14.8 Å². The van der Waals surface area contributed by atoms with E-state index in [1.807, 2.05) is 48.5 Å². The van der Waals surface area contributed by atoms with Gasteiger partial charge in [0.2, 0.25) is 0 Å². The molecule has 0 aromatic heterocycles. The normalized spacial score (nSPS) is 12.9. The lowest BCUT2D eigenvalue weighted by Crippen LogP contribution is -2.43. The Bertz CT molecular complexity index is 1180. The summed E-state index contributed by atoms with van der Waals surface area (Å²) < 4.78 is 16.9. The van der Waals surface area contributed by atoms with Crippen LogP contribution in [-0.2, 0) is 16.0 Å². The van der Waals surface area contributed by atoms with Crippen LogP contribution >= 0.6 is 15.9 Å². The Balaban J connectivity index is 1.47. The van der Waals surface area contributed by atoms with Crippen molar-refractivity contribution >= 4 is 28.0 Å². The highest BCUT2D eigenvalue weighted by Crippen LogP contribution is 2.44. The molecular weight excluding hydrogens is 502 g/mol. The summed E-state index contributed by atoms with van der Waals surface area (Å²) in [5, 5.41) is 12.2. The molecule has 3 aromatic rings. The summed E-state index contributed by atoms with van der Waals surface area (Å²) in [6, 6.07) is 18.3. The van der Waals surface area contributed by atoms with Crippen molar-refractivity contribution in [3.8, 4) is 22.6 Å². The summed E-state index contributed by atoms with van der Waals surface area (Å²) >= 11 is 3.39. The first-order valence-corrected chi connectivity index (χ1v) is 11.5. The van der Waals surface area contributed by atoms with Gasteiger partial charge in [-0.1, -0.05) is 64.5 Å². The number of amides is 1. The molecule has 0 bridgehead atoms. The highest BCUT2D eigenvalue weighted by atomic mass is 79.9. The van der Waals surface area contributed by atoms with Gasteiger partial charge in [-0.05, 0) is 34.4 Å². The third-order valence-corrected chi connectivity index (χ3v) is 6.34. The van der Waals surface area contributed by atoms with E-state index in [2.05, 4.69) is 21.2 Å². The molecule has 0 saturated carbocycles. The number of aliphatic carboxylic acids is 1. The number of halogens is 1. The van der Waals surface area contributed by atoms with Gasteiger partial charge >= 0.3 is 12.1 Å². The van der Waals surface area contributed by atoms with E-state index in [0.717, 1.165) is 22.3 Å². The minimum atomic E-state index is -1.22. The average Bonchev–Trinajstić information content (AvgIpc) is 3.15. The zero-order valence-electron chi connectivity index (χ0n) is 18.7. The molecule has 176 valence electrons. The third-order valence-electron chi connectivity index (χ3n) is 5.88. The second kappa shape index (κ2) is 10.2. The summed E-state index contributed by atoms with van der Waals surface area (Å²) in [4.78, 5) is 24.5. The monoisotopic (exact) mass is 525 g/mol. The standard InChI is InChI=1S/C26H24BrNO6/c1-32-23-13-16(27)11-15(24(23)33-2)12-22(25(29)30)28-26(31)34-14-21-19-9-5-3-7-17(19)18-8-4-6-10-20(18)21/h3-11,13,21-22H,12,14H2,1-2H3,(H,28,31)(H,29,30). The topological polar surface area (TPSA) is 94.1 Å². The molecule has 1 unspecified atom stereocenters. The number of nitrogens with one attached hydrogen (secondary N) is 1. The summed E-state index contributed by atoms with van der Waals surface area (Å²) in [6.07, 6.45) is -0.811. The Labute approximate surface area is 205 Å². The maximum atomic E-state index is 12.6. The zero-order valence-corrected chi connectivity index (χ0v) is 20.3. The third kappa shape index (κ3) is 4.72.